The number of nitrogens with zero attached hydrogens (tertiary/aromatic N) is 2. The number of aliphatic imine (C=N–C) groups is 1. The number of hydrogen-bond donors (Lipinski definition) is 2. The van der Waals surface area contributed by atoms with Crippen LogP contribution in [0.2, 0.25) is 0 Å². The predicted molar refractivity (Wildman–Crippen MR) is 113 cm³/mol. The second-order valence-corrected chi connectivity index (χ2v) is 7.42. The van der Waals surface area contributed by atoms with Crippen molar-refractivity contribution >= 4 is 29.9 Å². The lowest BCUT2D eigenvalue weighted by molar-refractivity contribution is -0.148. The maximum Gasteiger partial charge on any atom is 0.401 e. The number of hydrogen-bond acceptors (Lipinski definition) is 3. The summed E-state index contributed by atoms with van der Waals surface area (Å²) in [5.41, 5.74) is 0. The highest BCUT2D eigenvalue weighted by molar-refractivity contribution is 14.0. The van der Waals surface area contributed by atoms with Gasteiger partial charge in [-0.3, -0.25) is 9.89 Å². The molecule has 2 N–H and O–H groups in total. The van der Waals surface area contributed by atoms with Crippen LogP contribution in [0, 0.1) is 11.8 Å². The van der Waals surface area contributed by atoms with Crippen molar-refractivity contribution in [2.75, 3.05) is 53.0 Å². The number of halogens is 4. The van der Waals surface area contributed by atoms with Crippen LogP contribution in [-0.4, -0.2) is 70.0 Å². The molecule has 0 aromatic rings. The summed E-state index contributed by atoms with van der Waals surface area (Å²) in [6.45, 7) is 3.59. The van der Waals surface area contributed by atoms with E-state index < -0.39 is 12.7 Å². The maximum atomic E-state index is 12.4. The van der Waals surface area contributed by atoms with Gasteiger partial charge in [-0.1, -0.05) is 0 Å². The standard InChI is InChI=1S/C18H33F3N4O.HI/c1-22-17(23-8-2-12-26-13-16-3-4-16)24-9-5-15-6-10-25(11-7-15)14-18(19,20)21;/h15-16H,2-14H2,1H3,(H2,22,23,24);1H. The summed E-state index contributed by atoms with van der Waals surface area (Å²) in [6, 6.07) is 0. The van der Waals surface area contributed by atoms with Crippen LogP contribution in [0.25, 0.3) is 0 Å². The molecule has 27 heavy (non-hydrogen) atoms. The highest BCUT2D eigenvalue weighted by atomic mass is 127. The van der Waals surface area contributed by atoms with Crippen molar-refractivity contribution in [2.24, 2.45) is 16.8 Å². The molecule has 0 aromatic carbocycles. The third-order valence-electron chi connectivity index (χ3n) is 4.99. The van der Waals surface area contributed by atoms with Crippen LogP contribution in [0.1, 0.15) is 38.5 Å². The fourth-order valence-electron chi connectivity index (χ4n) is 3.22. The second kappa shape index (κ2) is 13.0. The summed E-state index contributed by atoms with van der Waals surface area (Å²) >= 11 is 0. The van der Waals surface area contributed by atoms with Crippen molar-refractivity contribution in [3.8, 4) is 0 Å². The van der Waals surface area contributed by atoms with Gasteiger partial charge in [0.2, 0.25) is 0 Å². The lowest BCUT2D eigenvalue weighted by Gasteiger charge is -2.32. The van der Waals surface area contributed by atoms with Gasteiger partial charge in [0.15, 0.2) is 5.96 Å². The molecule has 1 aliphatic heterocycles. The van der Waals surface area contributed by atoms with E-state index in [-0.39, 0.29) is 24.0 Å². The summed E-state index contributed by atoms with van der Waals surface area (Å²) in [5, 5.41) is 6.56. The van der Waals surface area contributed by atoms with Gasteiger partial charge in [0.25, 0.3) is 0 Å². The number of guanidine groups is 1. The molecule has 0 aromatic heterocycles. The minimum Gasteiger partial charge on any atom is -0.381 e. The number of rotatable bonds is 10. The Labute approximate surface area is 177 Å². The third-order valence-corrected chi connectivity index (χ3v) is 4.99. The smallest absolute Gasteiger partial charge is 0.381 e. The van der Waals surface area contributed by atoms with Crippen LogP contribution >= 0.6 is 24.0 Å². The molecule has 2 rings (SSSR count). The fourth-order valence-corrected chi connectivity index (χ4v) is 3.22. The molecular weight excluding hydrogens is 472 g/mol. The van der Waals surface area contributed by atoms with Crippen LogP contribution in [0.5, 0.6) is 0 Å². The molecular formula is C18H34F3IN4O. The summed E-state index contributed by atoms with van der Waals surface area (Å²) in [4.78, 5) is 5.71. The van der Waals surface area contributed by atoms with Crippen molar-refractivity contribution in [1.29, 1.82) is 0 Å². The number of likely N-dealkylation sites (tertiary alicyclic amines) is 1. The molecule has 0 amide bonds. The maximum absolute atomic E-state index is 12.4. The van der Waals surface area contributed by atoms with Gasteiger partial charge in [-0.15, -0.1) is 24.0 Å². The van der Waals surface area contributed by atoms with Crippen LogP contribution in [-0.2, 0) is 4.74 Å². The zero-order valence-electron chi connectivity index (χ0n) is 16.2. The lowest BCUT2D eigenvalue weighted by atomic mass is 9.93. The first-order valence-electron chi connectivity index (χ1n) is 9.77. The van der Waals surface area contributed by atoms with E-state index in [0.29, 0.717) is 19.0 Å². The molecule has 0 bridgehead atoms. The SMILES string of the molecule is CN=C(NCCCOCC1CC1)NCCC1CCN(CC(F)(F)F)CC1.I. The minimum absolute atomic E-state index is 0. The topological polar surface area (TPSA) is 48.9 Å². The predicted octanol–water partition coefficient (Wildman–Crippen LogP) is 3.25. The van der Waals surface area contributed by atoms with Crippen molar-refractivity contribution in [3.05, 3.63) is 0 Å². The fraction of sp³-hybridized carbons (Fsp3) is 0.944. The Kier molecular flexibility index (Phi) is 11.9. The highest BCUT2D eigenvalue weighted by Gasteiger charge is 2.32. The molecule has 0 radical (unpaired) electrons. The van der Waals surface area contributed by atoms with E-state index in [1.165, 1.54) is 17.7 Å². The van der Waals surface area contributed by atoms with Gasteiger partial charge in [-0.05, 0) is 63.5 Å². The number of ether oxygens (including phenoxy) is 1. The molecule has 0 atom stereocenters. The van der Waals surface area contributed by atoms with Crippen molar-refractivity contribution in [3.63, 3.8) is 0 Å². The zero-order chi connectivity index (χ0) is 18.8. The molecule has 5 nitrogen and oxygen atoms in total. The Balaban J connectivity index is 0.00000364. The summed E-state index contributed by atoms with van der Waals surface area (Å²) in [5.74, 6) is 2.07. The zero-order valence-corrected chi connectivity index (χ0v) is 18.5. The molecule has 160 valence electrons. The summed E-state index contributed by atoms with van der Waals surface area (Å²) in [6.07, 6.45) is 2.13. The first-order valence-corrected chi connectivity index (χ1v) is 9.77. The van der Waals surface area contributed by atoms with Gasteiger partial charge < -0.3 is 15.4 Å². The number of alkyl halides is 3. The Bertz CT molecular complexity index is 425. The molecule has 0 spiro atoms. The third kappa shape index (κ3) is 12.0. The van der Waals surface area contributed by atoms with Gasteiger partial charge in [-0.25, -0.2) is 0 Å². The number of piperidine rings is 1. The minimum atomic E-state index is -4.09. The molecule has 0 unspecified atom stereocenters. The molecule has 1 heterocycles. The number of nitrogens with one attached hydrogen (secondary N) is 2. The summed E-state index contributed by atoms with van der Waals surface area (Å²) in [7, 11) is 1.74. The van der Waals surface area contributed by atoms with E-state index in [2.05, 4.69) is 15.6 Å². The monoisotopic (exact) mass is 506 g/mol. The first kappa shape index (κ1) is 24.7. The Hall–Kier alpha value is -0.290. The van der Waals surface area contributed by atoms with Crippen molar-refractivity contribution < 1.29 is 17.9 Å². The molecule has 9 heteroatoms. The quantitative estimate of drug-likeness (QED) is 0.207. The van der Waals surface area contributed by atoms with E-state index in [9.17, 15) is 13.2 Å². The molecule has 1 aliphatic carbocycles. The van der Waals surface area contributed by atoms with Crippen molar-refractivity contribution in [2.45, 2.75) is 44.7 Å². The van der Waals surface area contributed by atoms with Gasteiger partial charge in [-0.2, -0.15) is 13.2 Å². The van der Waals surface area contributed by atoms with Crippen LogP contribution in [0.4, 0.5) is 13.2 Å². The molecule has 2 fully saturated rings. The van der Waals surface area contributed by atoms with Crippen LogP contribution in [0.15, 0.2) is 4.99 Å². The van der Waals surface area contributed by atoms with E-state index in [0.717, 1.165) is 63.9 Å². The Morgan fingerprint density at radius 3 is 2.33 bits per heavy atom. The second-order valence-electron chi connectivity index (χ2n) is 7.42. The molecule has 1 saturated carbocycles. The van der Waals surface area contributed by atoms with E-state index in [4.69, 9.17) is 4.74 Å². The van der Waals surface area contributed by atoms with E-state index >= 15 is 0 Å². The van der Waals surface area contributed by atoms with Gasteiger partial charge in [0.05, 0.1) is 6.54 Å². The lowest BCUT2D eigenvalue weighted by Crippen LogP contribution is -2.41. The highest BCUT2D eigenvalue weighted by Crippen LogP contribution is 2.28. The Morgan fingerprint density at radius 2 is 1.74 bits per heavy atom. The van der Waals surface area contributed by atoms with E-state index in [1.807, 2.05) is 0 Å². The summed E-state index contributed by atoms with van der Waals surface area (Å²) < 4.78 is 42.8. The Morgan fingerprint density at radius 1 is 1.07 bits per heavy atom. The molecule has 1 saturated heterocycles. The van der Waals surface area contributed by atoms with E-state index in [1.54, 1.807) is 7.05 Å². The van der Waals surface area contributed by atoms with Gasteiger partial charge >= 0.3 is 6.18 Å². The normalized spacial score (nSPS) is 19.6. The van der Waals surface area contributed by atoms with Crippen molar-refractivity contribution in [1.82, 2.24) is 15.5 Å². The average Bonchev–Trinajstić information content (AvgIpc) is 3.40. The average molecular weight is 506 g/mol. The first-order chi connectivity index (χ1) is 12.5. The largest absolute Gasteiger partial charge is 0.401 e. The van der Waals surface area contributed by atoms with Gasteiger partial charge in [0.1, 0.15) is 0 Å². The van der Waals surface area contributed by atoms with Gasteiger partial charge in [0, 0.05) is 33.4 Å². The van der Waals surface area contributed by atoms with Crippen LogP contribution in [0.3, 0.4) is 0 Å². The molecule has 2 aliphatic rings. The van der Waals surface area contributed by atoms with Crippen LogP contribution < -0.4 is 10.6 Å².